The number of rotatable bonds is 1. The van der Waals surface area contributed by atoms with Gasteiger partial charge in [-0.25, -0.2) is 4.79 Å². The van der Waals surface area contributed by atoms with Crippen LogP contribution in [0.4, 0.5) is 4.79 Å². The summed E-state index contributed by atoms with van der Waals surface area (Å²) in [7, 11) is 0. The second-order valence-corrected chi connectivity index (χ2v) is 4.81. The van der Waals surface area contributed by atoms with Crippen molar-refractivity contribution in [3.63, 3.8) is 0 Å². The number of hydrogen-bond donors (Lipinski definition) is 1. The summed E-state index contributed by atoms with van der Waals surface area (Å²) in [5.74, 6) is 1.71. The molecule has 0 aromatic carbocycles. The van der Waals surface area contributed by atoms with Crippen molar-refractivity contribution in [2.75, 3.05) is 0 Å². The molecule has 0 amide bonds. The fourth-order valence-electron chi connectivity index (χ4n) is 3.69. The Morgan fingerprint density at radius 1 is 1.38 bits per heavy atom. The van der Waals surface area contributed by atoms with Crippen LogP contribution < -0.4 is 0 Å². The van der Waals surface area contributed by atoms with Crippen molar-refractivity contribution in [1.82, 2.24) is 0 Å². The monoisotopic (exact) mass is 182 g/mol. The zero-order valence-corrected chi connectivity index (χ0v) is 7.53. The van der Waals surface area contributed by atoms with Crippen LogP contribution in [0.2, 0.25) is 0 Å². The lowest BCUT2D eigenvalue weighted by Crippen LogP contribution is -2.37. The lowest BCUT2D eigenvalue weighted by atomic mass is 9.63. The Morgan fingerprint density at radius 3 is 2.92 bits per heavy atom. The lowest BCUT2D eigenvalue weighted by Gasteiger charge is -2.41. The van der Waals surface area contributed by atoms with Gasteiger partial charge in [-0.05, 0) is 31.1 Å². The molecule has 0 heterocycles. The van der Waals surface area contributed by atoms with E-state index in [0.29, 0.717) is 5.41 Å². The van der Waals surface area contributed by atoms with Gasteiger partial charge in [-0.3, -0.25) is 0 Å². The molecule has 0 radical (unpaired) electrons. The van der Waals surface area contributed by atoms with Gasteiger partial charge in [-0.1, -0.05) is 12.8 Å². The summed E-state index contributed by atoms with van der Waals surface area (Å²) in [4.78, 5) is 10.3. The summed E-state index contributed by atoms with van der Waals surface area (Å²) in [5, 5.41) is 8.49. The molecule has 3 aliphatic carbocycles. The molecule has 3 fully saturated rings. The molecule has 72 valence electrons. The molecule has 1 N–H and O–H groups in total. The van der Waals surface area contributed by atoms with E-state index in [9.17, 15) is 4.79 Å². The van der Waals surface area contributed by atoms with Crippen molar-refractivity contribution in [2.45, 2.75) is 38.2 Å². The summed E-state index contributed by atoms with van der Waals surface area (Å²) < 4.78 is 4.84. The first-order valence-corrected chi connectivity index (χ1v) is 5.12. The molecule has 3 saturated carbocycles. The van der Waals surface area contributed by atoms with Gasteiger partial charge in [0.25, 0.3) is 0 Å². The predicted octanol–water partition coefficient (Wildman–Crippen LogP) is 2.26. The van der Waals surface area contributed by atoms with Gasteiger partial charge >= 0.3 is 6.16 Å². The van der Waals surface area contributed by atoms with Gasteiger partial charge in [0.05, 0.1) is 0 Å². The van der Waals surface area contributed by atoms with Crippen LogP contribution in [0.5, 0.6) is 0 Å². The van der Waals surface area contributed by atoms with Crippen LogP contribution in [0.25, 0.3) is 0 Å². The molecule has 13 heavy (non-hydrogen) atoms. The van der Waals surface area contributed by atoms with Crippen LogP contribution >= 0.6 is 0 Å². The van der Waals surface area contributed by atoms with Gasteiger partial charge in [-0.15, -0.1) is 0 Å². The number of carbonyl (C=O) groups is 1. The summed E-state index contributed by atoms with van der Waals surface area (Å²) in [5.41, 5.74) is 0.319. The molecule has 3 nitrogen and oxygen atoms in total. The summed E-state index contributed by atoms with van der Waals surface area (Å²) in [6.07, 6.45) is 5.20. The zero-order chi connectivity index (χ0) is 9.05. The molecule has 4 unspecified atom stereocenters. The highest BCUT2D eigenvalue weighted by Crippen LogP contribution is 2.72. The molecular weight excluding hydrogens is 168 g/mol. The van der Waals surface area contributed by atoms with E-state index in [1.165, 1.54) is 25.7 Å². The van der Waals surface area contributed by atoms with E-state index in [4.69, 9.17) is 9.84 Å². The average Bonchev–Trinajstić information content (AvgIpc) is 2.58. The lowest BCUT2D eigenvalue weighted by molar-refractivity contribution is 0.00721. The van der Waals surface area contributed by atoms with Crippen molar-refractivity contribution < 1.29 is 14.6 Å². The van der Waals surface area contributed by atoms with Crippen molar-refractivity contribution in [1.29, 1.82) is 0 Å². The highest BCUT2D eigenvalue weighted by molar-refractivity contribution is 5.58. The fraction of sp³-hybridized carbons (Fsp3) is 0.900. The quantitative estimate of drug-likeness (QED) is 0.633. The minimum Gasteiger partial charge on any atom is -0.450 e. The summed E-state index contributed by atoms with van der Waals surface area (Å²) in [6, 6.07) is 0. The van der Waals surface area contributed by atoms with Crippen LogP contribution in [-0.2, 0) is 4.74 Å². The molecule has 0 bridgehead atoms. The van der Waals surface area contributed by atoms with Crippen LogP contribution in [0, 0.1) is 17.3 Å². The highest BCUT2D eigenvalue weighted by Gasteiger charge is 2.70. The molecule has 1 spiro atoms. The predicted molar refractivity (Wildman–Crippen MR) is 45.4 cm³/mol. The van der Waals surface area contributed by atoms with Gasteiger partial charge in [0.15, 0.2) is 0 Å². The van der Waals surface area contributed by atoms with Gasteiger partial charge in [-0.2, -0.15) is 0 Å². The van der Waals surface area contributed by atoms with Gasteiger partial charge in [0, 0.05) is 5.41 Å². The maximum absolute atomic E-state index is 10.3. The highest BCUT2D eigenvalue weighted by atomic mass is 16.7. The molecule has 3 heteroatoms. The largest absolute Gasteiger partial charge is 0.506 e. The first-order chi connectivity index (χ1) is 6.22. The number of carboxylic acid groups (broad SMARTS) is 1. The number of fused-ring (bicyclic) bond motifs is 2. The first kappa shape index (κ1) is 7.65. The Labute approximate surface area is 77.1 Å². The van der Waals surface area contributed by atoms with E-state index in [-0.39, 0.29) is 6.10 Å². The van der Waals surface area contributed by atoms with Gasteiger partial charge in [0.2, 0.25) is 0 Å². The molecule has 3 aliphatic rings. The maximum Gasteiger partial charge on any atom is 0.506 e. The third-order valence-corrected chi connectivity index (χ3v) is 4.33. The van der Waals surface area contributed by atoms with E-state index in [1.807, 2.05) is 0 Å². The van der Waals surface area contributed by atoms with Crippen LogP contribution in [-0.4, -0.2) is 17.4 Å². The summed E-state index contributed by atoms with van der Waals surface area (Å²) >= 11 is 0. The zero-order valence-electron chi connectivity index (χ0n) is 7.53. The molecule has 0 aromatic rings. The van der Waals surface area contributed by atoms with Crippen molar-refractivity contribution in [3.05, 3.63) is 0 Å². The minimum atomic E-state index is -1.09. The number of ether oxygens (including phenoxy) is 1. The molecule has 3 rings (SSSR count). The third-order valence-electron chi connectivity index (χ3n) is 4.33. The van der Waals surface area contributed by atoms with Crippen molar-refractivity contribution >= 4 is 6.16 Å². The topological polar surface area (TPSA) is 46.5 Å². The van der Waals surface area contributed by atoms with Crippen LogP contribution in [0.15, 0.2) is 0 Å². The Kier molecular flexibility index (Phi) is 1.29. The third kappa shape index (κ3) is 0.875. The van der Waals surface area contributed by atoms with Crippen molar-refractivity contribution in [2.24, 2.45) is 17.3 Å². The Hall–Kier alpha value is -0.730. The van der Waals surface area contributed by atoms with E-state index >= 15 is 0 Å². The molecule has 4 atom stereocenters. The molecule has 0 saturated heterocycles. The average molecular weight is 182 g/mol. The maximum atomic E-state index is 10.3. The van der Waals surface area contributed by atoms with E-state index in [1.54, 1.807) is 0 Å². The molecule has 0 aliphatic heterocycles. The van der Waals surface area contributed by atoms with E-state index < -0.39 is 6.16 Å². The normalized spacial score (nSPS) is 51.2. The van der Waals surface area contributed by atoms with Crippen LogP contribution in [0.3, 0.4) is 0 Å². The Balaban J connectivity index is 1.65. The molecular formula is C10H14O3. The Morgan fingerprint density at radius 2 is 2.23 bits per heavy atom. The van der Waals surface area contributed by atoms with Gasteiger partial charge in [0.1, 0.15) is 6.10 Å². The second kappa shape index (κ2) is 2.20. The van der Waals surface area contributed by atoms with Crippen LogP contribution in [0.1, 0.15) is 32.1 Å². The van der Waals surface area contributed by atoms with Gasteiger partial charge < -0.3 is 9.84 Å². The first-order valence-electron chi connectivity index (χ1n) is 5.12. The molecule has 0 aromatic heterocycles. The standard InChI is InChI=1S/C10H14O3/c11-9(12)13-8-5-10(8)4-6-2-1-3-7(6)10/h6-8H,1-5H2,(H,11,12). The SMILES string of the molecule is O=C(O)OC1CC12CC1CCCC12. The number of hydrogen-bond acceptors (Lipinski definition) is 2. The van der Waals surface area contributed by atoms with Crippen molar-refractivity contribution in [3.8, 4) is 0 Å². The van der Waals surface area contributed by atoms with E-state index in [0.717, 1.165) is 18.3 Å². The van der Waals surface area contributed by atoms with E-state index in [2.05, 4.69) is 0 Å². The fourth-order valence-corrected chi connectivity index (χ4v) is 3.69. The smallest absolute Gasteiger partial charge is 0.450 e. The second-order valence-electron chi connectivity index (χ2n) is 4.81. The summed E-state index contributed by atoms with van der Waals surface area (Å²) in [6.45, 7) is 0. The minimum absolute atomic E-state index is 0.0457. The Bertz CT molecular complexity index is 263.